The van der Waals surface area contributed by atoms with E-state index in [2.05, 4.69) is 27.9 Å². The molecule has 1 aliphatic heterocycles. The highest BCUT2D eigenvalue weighted by atomic mass is 127. The van der Waals surface area contributed by atoms with Gasteiger partial charge >= 0.3 is 0 Å². The molecule has 0 atom stereocenters. The molecular weight excluding hydrogens is 343 g/mol. The minimum atomic E-state index is -0.0856. The van der Waals surface area contributed by atoms with E-state index in [0.717, 1.165) is 29.6 Å². The van der Waals surface area contributed by atoms with Crippen molar-refractivity contribution in [2.75, 3.05) is 25.5 Å². The summed E-state index contributed by atoms with van der Waals surface area (Å²) in [6.07, 6.45) is 2.03. The standard InChI is InChI=1S/C13H17IN2O2/c14-10-1-2-12(15)11(7-10)13(17)16-8-9-3-5-18-6-4-9/h1-2,7,9H,3-6,8,15H2,(H,16,17). The van der Waals surface area contributed by atoms with E-state index >= 15 is 0 Å². The van der Waals surface area contributed by atoms with Crippen LogP contribution in [0.4, 0.5) is 5.69 Å². The third-order valence-electron chi connectivity index (χ3n) is 3.15. The summed E-state index contributed by atoms with van der Waals surface area (Å²) >= 11 is 2.18. The number of ether oxygens (including phenoxy) is 1. The van der Waals surface area contributed by atoms with Crippen molar-refractivity contribution in [1.82, 2.24) is 5.32 Å². The van der Waals surface area contributed by atoms with Gasteiger partial charge in [-0.2, -0.15) is 0 Å². The van der Waals surface area contributed by atoms with Gasteiger partial charge in [0.25, 0.3) is 5.91 Å². The molecule has 2 rings (SSSR count). The number of hydrogen-bond donors (Lipinski definition) is 2. The lowest BCUT2D eigenvalue weighted by Gasteiger charge is -2.22. The van der Waals surface area contributed by atoms with Gasteiger partial charge in [0.15, 0.2) is 0 Å². The van der Waals surface area contributed by atoms with Crippen LogP contribution in [0.25, 0.3) is 0 Å². The van der Waals surface area contributed by atoms with E-state index in [1.807, 2.05) is 12.1 Å². The molecule has 0 unspecified atom stereocenters. The van der Waals surface area contributed by atoms with Gasteiger partial charge in [0, 0.05) is 29.0 Å². The van der Waals surface area contributed by atoms with Gasteiger partial charge in [-0.15, -0.1) is 0 Å². The number of nitrogens with one attached hydrogen (secondary N) is 1. The molecule has 0 radical (unpaired) electrons. The van der Waals surface area contributed by atoms with Crippen LogP contribution in [-0.4, -0.2) is 25.7 Å². The fraction of sp³-hybridized carbons (Fsp3) is 0.462. The zero-order chi connectivity index (χ0) is 13.0. The SMILES string of the molecule is Nc1ccc(I)cc1C(=O)NCC1CCOCC1. The molecule has 0 bridgehead atoms. The van der Waals surface area contributed by atoms with Gasteiger partial charge in [0.2, 0.25) is 0 Å². The van der Waals surface area contributed by atoms with Crippen LogP contribution in [-0.2, 0) is 4.74 Å². The Morgan fingerprint density at radius 3 is 2.89 bits per heavy atom. The predicted octanol–water partition coefficient (Wildman–Crippen LogP) is 2.03. The van der Waals surface area contributed by atoms with Gasteiger partial charge in [-0.05, 0) is 59.5 Å². The number of nitrogen functional groups attached to an aromatic ring is 1. The van der Waals surface area contributed by atoms with Crippen molar-refractivity contribution in [1.29, 1.82) is 0 Å². The van der Waals surface area contributed by atoms with E-state index in [9.17, 15) is 4.79 Å². The Bertz CT molecular complexity index is 431. The van der Waals surface area contributed by atoms with Crippen molar-refractivity contribution in [3.63, 3.8) is 0 Å². The molecule has 1 heterocycles. The molecular formula is C13H17IN2O2. The Labute approximate surface area is 120 Å². The number of amides is 1. The van der Waals surface area contributed by atoms with E-state index in [4.69, 9.17) is 10.5 Å². The first-order valence-corrected chi connectivity index (χ1v) is 7.15. The minimum absolute atomic E-state index is 0.0856. The number of hydrogen-bond acceptors (Lipinski definition) is 3. The topological polar surface area (TPSA) is 64.4 Å². The lowest BCUT2D eigenvalue weighted by molar-refractivity contribution is 0.0643. The molecule has 98 valence electrons. The van der Waals surface area contributed by atoms with Gasteiger partial charge in [-0.1, -0.05) is 0 Å². The van der Waals surface area contributed by atoms with E-state index in [0.29, 0.717) is 23.7 Å². The maximum Gasteiger partial charge on any atom is 0.253 e. The summed E-state index contributed by atoms with van der Waals surface area (Å²) in [6.45, 7) is 2.30. The summed E-state index contributed by atoms with van der Waals surface area (Å²) in [7, 11) is 0. The van der Waals surface area contributed by atoms with Crippen molar-refractivity contribution in [2.24, 2.45) is 5.92 Å². The molecule has 5 heteroatoms. The minimum Gasteiger partial charge on any atom is -0.398 e. The third-order valence-corrected chi connectivity index (χ3v) is 3.82. The van der Waals surface area contributed by atoms with Crippen molar-refractivity contribution in [3.05, 3.63) is 27.3 Å². The maximum absolute atomic E-state index is 12.0. The average Bonchev–Trinajstić information content (AvgIpc) is 2.40. The summed E-state index contributed by atoms with van der Waals surface area (Å²) in [5, 5.41) is 2.96. The molecule has 0 aliphatic carbocycles. The first-order valence-electron chi connectivity index (χ1n) is 6.08. The molecule has 1 aromatic carbocycles. The van der Waals surface area contributed by atoms with Crippen LogP contribution in [0.15, 0.2) is 18.2 Å². The molecule has 1 saturated heterocycles. The Hall–Kier alpha value is -0.820. The van der Waals surface area contributed by atoms with E-state index < -0.39 is 0 Å². The van der Waals surface area contributed by atoms with Crippen LogP contribution in [0, 0.1) is 9.49 Å². The number of carbonyl (C=O) groups is 1. The first-order chi connectivity index (χ1) is 8.66. The second-order valence-corrected chi connectivity index (χ2v) is 5.74. The van der Waals surface area contributed by atoms with Crippen LogP contribution in [0.2, 0.25) is 0 Å². The monoisotopic (exact) mass is 360 g/mol. The number of halogens is 1. The van der Waals surface area contributed by atoms with Crippen molar-refractivity contribution in [3.8, 4) is 0 Å². The molecule has 1 amide bonds. The molecule has 1 fully saturated rings. The molecule has 1 aromatic rings. The van der Waals surface area contributed by atoms with Crippen LogP contribution in [0.3, 0.4) is 0 Å². The zero-order valence-electron chi connectivity index (χ0n) is 10.1. The number of benzene rings is 1. The van der Waals surface area contributed by atoms with Gasteiger partial charge in [0.1, 0.15) is 0 Å². The molecule has 4 nitrogen and oxygen atoms in total. The maximum atomic E-state index is 12.0. The highest BCUT2D eigenvalue weighted by Gasteiger charge is 2.16. The lowest BCUT2D eigenvalue weighted by Crippen LogP contribution is -2.32. The Morgan fingerprint density at radius 2 is 2.17 bits per heavy atom. The number of carbonyl (C=O) groups excluding carboxylic acids is 1. The van der Waals surface area contributed by atoms with Gasteiger partial charge in [0.05, 0.1) is 5.56 Å². The molecule has 0 saturated carbocycles. The van der Waals surface area contributed by atoms with E-state index in [1.54, 1.807) is 6.07 Å². The predicted molar refractivity (Wildman–Crippen MR) is 79.4 cm³/mol. The molecule has 18 heavy (non-hydrogen) atoms. The smallest absolute Gasteiger partial charge is 0.253 e. The highest BCUT2D eigenvalue weighted by molar-refractivity contribution is 14.1. The summed E-state index contributed by atoms with van der Waals surface area (Å²) in [5.74, 6) is 0.434. The highest BCUT2D eigenvalue weighted by Crippen LogP contribution is 2.17. The van der Waals surface area contributed by atoms with Crippen LogP contribution >= 0.6 is 22.6 Å². The second-order valence-electron chi connectivity index (χ2n) is 4.50. The Morgan fingerprint density at radius 1 is 1.44 bits per heavy atom. The molecule has 0 aromatic heterocycles. The fourth-order valence-corrected chi connectivity index (χ4v) is 2.50. The summed E-state index contributed by atoms with van der Waals surface area (Å²) in [5.41, 5.74) is 6.91. The van der Waals surface area contributed by atoms with Gasteiger partial charge in [-0.25, -0.2) is 0 Å². The van der Waals surface area contributed by atoms with E-state index in [1.165, 1.54) is 0 Å². The summed E-state index contributed by atoms with van der Waals surface area (Å²) < 4.78 is 6.30. The number of rotatable bonds is 3. The first kappa shape index (κ1) is 13.6. The molecule has 3 N–H and O–H groups in total. The van der Waals surface area contributed by atoms with Gasteiger partial charge in [-0.3, -0.25) is 4.79 Å². The van der Waals surface area contributed by atoms with Crippen LogP contribution < -0.4 is 11.1 Å². The van der Waals surface area contributed by atoms with E-state index in [-0.39, 0.29) is 5.91 Å². The van der Waals surface area contributed by atoms with Crippen molar-refractivity contribution >= 4 is 34.2 Å². The summed E-state index contributed by atoms with van der Waals surface area (Å²) in [4.78, 5) is 12.0. The van der Waals surface area contributed by atoms with Gasteiger partial charge < -0.3 is 15.8 Å². The van der Waals surface area contributed by atoms with Crippen molar-refractivity contribution in [2.45, 2.75) is 12.8 Å². The number of nitrogens with two attached hydrogens (primary N) is 1. The average molecular weight is 360 g/mol. The fourth-order valence-electron chi connectivity index (χ4n) is 2.01. The lowest BCUT2D eigenvalue weighted by atomic mass is 10.0. The largest absolute Gasteiger partial charge is 0.398 e. The quantitative estimate of drug-likeness (QED) is 0.641. The Kier molecular flexibility index (Phi) is 4.82. The van der Waals surface area contributed by atoms with Crippen LogP contribution in [0.1, 0.15) is 23.2 Å². The zero-order valence-corrected chi connectivity index (χ0v) is 12.3. The Balaban J connectivity index is 1.92. The molecule has 1 aliphatic rings. The number of anilines is 1. The normalized spacial score (nSPS) is 16.5. The summed E-state index contributed by atoms with van der Waals surface area (Å²) in [6, 6.07) is 5.48. The van der Waals surface area contributed by atoms with Crippen LogP contribution in [0.5, 0.6) is 0 Å². The second kappa shape index (κ2) is 6.38. The third kappa shape index (κ3) is 3.58. The molecule has 0 spiro atoms. The van der Waals surface area contributed by atoms with Crippen molar-refractivity contribution < 1.29 is 9.53 Å².